The van der Waals surface area contributed by atoms with Crippen molar-refractivity contribution in [2.75, 3.05) is 39.1 Å². The number of ether oxygens (including phenoxy) is 2. The molecule has 2 aliphatic rings. The summed E-state index contributed by atoms with van der Waals surface area (Å²) in [4.78, 5) is 0. The van der Waals surface area contributed by atoms with Crippen molar-refractivity contribution < 1.29 is 23.0 Å². The highest BCUT2D eigenvalue weighted by atomic mass is 32.2. The lowest BCUT2D eigenvalue weighted by molar-refractivity contribution is -0.0675. The van der Waals surface area contributed by atoms with Gasteiger partial charge in [-0.1, -0.05) is 6.07 Å². The van der Waals surface area contributed by atoms with Crippen LogP contribution in [0.25, 0.3) is 0 Å². The molecule has 0 aliphatic carbocycles. The fourth-order valence-corrected chi connectivity index (χ4v) is 4.20. The van der Waals surface area contributed by atoms with E-state index in [1.807, 2.05) is 18.2 Å². The number of nitrogens with zero attached hydrogens (tertiary/aromatic N) is 1. The lowest BCUT2D eigenvalue weighted by Crippen LogP contribution is -2.37. The summed E-state index contributed by atoms with van der Waals surface area (Å²) in [6.45, 7) is 3.02. The molecule has 0 amide bonds. The topological polar surface area (TPSA) is 88.1 Å². The van der Waals surface area contributed by atoms with Crippen LogP contribution in [0, 0.1) is 0 Å². The zero-order chi connectivity index (χ0) is 18.6. The van der Waals surface area contributed by atoms with Crippen LogP contribution in [-0.4, -0.2) is 69.1 Å². The molecule has 1 aromatic rings. The third-order valence-electron chi connectivity index (χ3n) is 4.93. The zero-order valence-corrected chi connectivity index (χ0v) is 16.0. The molecule has 0 radical (unpaired) electrons. The maximum atomic E-state index is 11.7. The molecule has 0 saturated carbocycles. The third kappa shape index (κ3) is 5.17. The van der Waals surface area contributed by atoms with Crippen LogP contribution in [0.4, 0.5) is 0 Å². The number of piperidine rings is 1. The van der Waals surface area contributed by atoms with E-state index in [1.54, 1.807) is 0 Å². The molecule has 8 heteroatoms. The van der Waals surface area contributed by atoms with Crippen LogP contribution in [0.15, 0.2) is 18.2 Å². The van der Waals surface area contributed by atoms with Crippen LogP contribution in [-0.2, 0) is 27.7 Å². The Bertz CT molecular complexity index is 704. The van der Waals surface area contributed by atoms with Crippen molar-refractivity contribution in [2.24, 2.45) is 0 Å². The molecule has 1 fully saturated rings. The van der Waals surface area contributed by atoms with E-state index in [-0.39, 0.29) is 18.8 Å². The van der Waals surface area contributed by atoms with Crippen LogP contribution in [0.1, 0.15) is 24.0 Å². The lowest BCUT2D eigenvalue weighted by Gasteiger charge is -2.28. The van der Waals surface area contributed by atoms with Gasteiger partial charge in [0.15, 0.2) is 0 Å². The van der Waals surface area contributed by atoms with E-state index in [2.05, 4.69) is 5.32 Å². The quantitative estimate of drug-likeness (QED) is 0.712. The largest absolute Gasteiger partial charge is 0.491 e. The van der Waals surface area contributed by atoms with Crippen LogP contribution in [0.3, 0.4) is 0 Å². The SMILES string of the molecule is CS(=O)(=O)N1CCc2cc(OCC(CO)OC3CCNCC3)ccc2C1. The van der Waals surface area contributed by atoms with Crippen LogP contribution < -0.4 is 10.1 Å². The van der Waals surface area contributed by atoms with Crippen LogP contribution >= 0.6 is 0 Å². The molecule has 1 unspecified atom stereocenters. The average molecular weight is 384 g/mol. The summed E-state index contributed by atoms with van der Waals surface area (Å²) in [7, 11) is -3.16. The van der Waals surface area contributed by atoms with E-state index in [4.69, 9.17) is 9.47 Å². The second kappa shape index (κ2) is 8.67. The minimum atomic E-state index is -3.16. The van der Waals surface area contributed by atoms with Crippen molar-refractivity contribution in [3.05, 3.63) is 29.3 Å². The van der Waals surface area contributed by atoms with Gasteiger partial charge in [0.05, 0.1) is 19.0 Å². The Labute approximate surface area is 155 Å². The highest BCUT2D eigenvalue weighted by Crippen LogP contribution is 2.25. The number of benzene rings is 1. The predicted octanol–water partition coefficient (Wildman–Crippen LogP) is 0.513. The maximum absolute atomic E-state index is 11.7. The van der Waals surface area contributed by atoms with Gasteiger partial charge in [-0.05, 0) is 55.6 Å². The highest BCUT2D eigenvalue weighted by molar-refractivity contribution is 7.88. The summed E-state index contributed by atoms with van der Waals surface area (Å²) in [6, 6.07) is 5.74. The molecule has 0 aromatic heterocycles. The van der Waals surface area contributed by atoms with Gasteiger partial charge in [-0.25, -0.2) is 8.42 Å². The lowest BCUT2D eigenvalue weighted by atomic mass is 10.0. The fourth-order valence-electron chi connectivity index (χ4n) is 3.40. The molecule has 146 valence electrons. The van der Waals surface area contributed by atoms with Gasteiger partial charge in [0.1, 0.15) is 18.5 Å². The summed E-state index contributed by atoms with van der Waals surface area (Å²) in [5, 5.41) is 12.8. The Morgan fingerprint density at radius 3 is 2.77 bits per heavy atom. The minimum Gasteiger partial charge on any atom is -0.491 e. The van der Waals surface area contributed by atoms with Crippen molar-refractivity contribution in [1.82, 2.24) is 9.62 Å². The van der Waals surface area contributed by atoms with Gasteiger partial charge in [-0.3, -0.25) is 0 Å². The Hall–Kier alpha value is -1.19. The Morgan fingerprint density at radius 1 is 1.31 bits per heavy atom. The second-order valence-corrected chi connectivity index (χ2v) is 8.96. The minimum absolute atomic E-state index is 0.0712. The van der Waals surface area contributed by atoms with Crippen molar-refractivity contribution in [3.63, 3.8) is 0 Å². The van der Waals surface area contributed by atoms with Gasteiger partial charge >= 0.3 is 0 Å². The number of nitrogens with one attached hydrogen (secondary N) is 1. The van der Waals surface area contributed by atoms with E-state index >= 15 is 0 Å². The summed E-state index contributed by atoms with van der Waals surface area (Å²) >= 11 is 0. The first-order valence-corrected chi connectivity index (χ1v) is 11.0. The Morgan fingerprint density at radius 2 is 2.08 bits per heavy atom. The summed E-state index contributed by atoms with van der Waals surface area (Å²) < 4.78 is 36.7. The average Bonchev–Trinajstić information content (AvgIpc) is 2.64. The van der Waals surface area contributed by atoms with E-state index < -0.39 is 10.0 Å². The Balaban J connectivity index is 1.55. The van der Waals surface area contributed by atoms with E-state index in [9.17, 15) is 13.5 Å². The standard InChI is InChI=1S/C18H28N2O5S/c1-26(22,23)20-9-6-14-10-17(3-2-15(14)11-20)24-13-18(12-21)25-16-4-7-19-8-5-16/h2-3,10,16,18-19,21H,4-9,11-13H2,1H3. The van der Waals surface area contributed by atoms with Crippen molar-refractivity contribution in [3.8, 4) is 5.75 Å². The Kier molecular flexibility index (Phi) is 6.52. The number of hydrogen-bond acceptors (Lipinski definition) is 6. The molecule has 26 heavy (non-hydrogen) atoms. The van der Waals surface area contributed by atoms with Gasteiger partial charge in [-0.15, -0.1) is 0 Å². The molecule has 2 heterocycles. The number of aliphatic hydroxyl groups is 1. The fraction of sp³-hybridized carbons (Fsp3) is 0.667. The molecule has 1 atom stereocenters. The number of hydrogen-bond donors (Lipinski definition) is 2. The van der Waals surface area contributed by atoms with Gasteiger partial charge in [0.25, 0.3) is 0 Å². The normalized spacial score (nSPS) is 20.5. The first-order chi connectivity index (χ1) is 12.5. The molecule has 0 bridgehead atoms. The molecule has 7 nitrogen and oxygen atoms in total. The number of rotatable bonds is 7. The molecule has 2 N–H and O–H groups in total. The summed E-state index contributed by atoms with van der Waals surface area (Å²) in [5.74, 6) is 0.726. The van der Waals surface area contributed by atoms with Crippen molar-refractivity contribution in [1.29, 1.82) is 0 Å². The van der Waals surface area contributed by atoms with E-state index in [0.29, 0.717) is 26.1 Å². The smallest absolute Gasteiger partial charge is 0.211 e. The van der Waals surface area contributed by atoms with Gasteiger partial charge in [-0.2, -0.15) is 4.31 Å². The molecule has 1 saturated heterocycles. The molecule has 3 rings (SSSR count). The summed E-state index contributed by atoms with van der Waals surface area (Å²) in [6.07, 6.45) is 3.65. The highest BCUT2D eigenvalue weighted by Gasteiger charge is 2.24. The molecular weight excluding hydrogens is 356 g/mol. The van der Waals surface area contributed by atoms with E-state index in [0.717, 1.165) is 42.8 Å². The van der Waals surface area contributed by atoms with E-state index in [1.165, 1.54) is 10.6 Å². The van der Waals surface area contributed by atoms with Gasteiger partial charge in [0, 0.05) is 13.1 Å². The molecule has 2 aliphatic heterocycles. The summed E-state index contributed by atoms with van der Waals surface area (Å²) in [5.41, 5.74) is 2.13. The van der Waals surface area contributed by atoms with Crippen LogP contribution in [0.5, 0.6) is 5.75 Å². The number of sulfonamides is 1. The van der Waals surface area contributed by atoms with Gasteiger partial charge < -0.3 is 19.9 Å². The van der Waals surface area contributed by atoms with Crippen LogP contribution in [0.2, 0.25) is 0 Å². The molecular formula is C18H28N2O5S. The van der Waals surface area contributed by atoms with Gasteiger partial charge in [0.2, 0.25) is 10.0 Å². The van der Waals surface area contributed by atoms with Crippen molar-refractivity contribution >= 4 is 10.0 Å². The van der Waals surface area contributed by atoms with Crippen molar-refractivity contribution in [2.45, 2.75) is 38.0 Å². The maximum Gasteiger partial charge on any atom is 0.211 e. The number of fused-ring (bicyclic) bond motifs is 1. The second-order valence-electron chi connectivity index (χ2n) is 6.98. The number of aliphatic hydroxyl groups excluding tert-OH is 1. The first kappa shape index (κ1) is 19.6. The molecule has 0 spiro atoms. The third-order valence-corrected chi connectivity index (χ3v) is 6.18. The zero-order valence-electron chi connectivity index (χ0n) is 15.2. The first-order valence-electron chi connectivity index (χ1n) is 9.12. The molecule has 1 aromatic carbocycles. The predicted molar refractivity (Wildman–Crippen MR) is 98.7 cm³/mol. The monoisotopic (exact) mass is 384 g/mol.